The van der Waals surface area contributed by atoms with Crippen molar-refractivity contribution >= 4 is 22.8 Å². The second-order valence-corrected chi connectivity index (χ2v) is 5.69. The molecular weight excluding hydrogens is 350 g/mol. The first-order valence-corrected chi connectivity index (χ1v) is 8.16. The van der Waals surface area contributed by atoms with Crippen LogP contribution in [0.2, 0.25) is 0 Å². The normalized spacial score (nSPS) is 10.4. The summed E-state index contributed by atoms with van der Waals surface area (Å²) >= 11 is 0. The van der Waals surface area contributed by atoms with E-state index in [2.05, 4.69) is 5.32 Å². The minimum absolute atomic E-state index is 0.255. The molecule has 138 valence electrons. The van der Waals surface area contributed by atoms with Crippen LogP contribution in [0.15, 0.2) is 63.8 Å². The molecule has 0 saturated carbocycles. The number of esters is 1. The van der Waals surface area contributed by atoms with Crippen molar-refractivity contribution in [2.45, 2.75) is 6.54 Å². The van der Waals surface area contributed by atoms with Crippen LogP contribution in [0.5, 0.6) is 5.75 Å². The van der Waals surface area contributed by atoms with Gasteiger partial charge in [0.05, 0.1) is 7.11 Å². The van der Waals surface area contributed by atoms with Gasteiger partial charge in [-0.2, -0.15) is 0 Å². The molecule has 1 amide bonds. The largest absolute Gasteiger partial charge is 0.497 e. The lowest BCUT2D eigenvalue weighted by Crippen LogP contribution is -2.29. The van der Waals surface area contributed by atoms with Crippen LogP contribution >= 0.6 is 0 Å². The van der Waals surface area contributed by atoms with Gasteiger partial charge in [0, 0.05) is 11.9 Å². The van der Waals surface area contributed by atoms with Crippen LogP contribution in [0.4, 0.5) is 0 Å². The fourth-order valence-corrected chi connectivity index (χ4v) is 2.45. The monoisotopic (exact) mass is 367 g/mol. The van der Waals surface area contributed by atoms with Gasteiger partial charge in [-0.15, -0.1) is 0 Å². The SMILES string of the molecule is COc1cccc(CNC(=O)COC(=O)c2cc3ccccc3oc2=O)c1. The first-order valence-electron chi connectivity index (χ1n) is 8.16. The summed E-state index contributed by atoms with van der Waals surface area (Å²) in [7, 11) is 1.56. The predicted octanol–water partition coefficient (Wildman–Crippen LogP) is 2.27. The molecule has 0 atom stereocenters. The number of benzene rings is 2. The Labute approximate surface area is 154 Å². The van der Waals surface area contributed by atoms with Gasteiger partial charge in [0.25, 0.3) is 5.91 Å². The molecule has 27 heavy (non-hydrogen) atoms. The van der Waals surface area contributed by atoms with Crippen LogP contribution in [0, 0.1) is 0 Å². The summed E-state index contributed by atoms with van der Waals surface area (Å²) in [6, 6.07) is 15.4. The number of methoxy groups -OCH3 is 1. The van der Waals surface area contributed by atoms with Gasteiger partial charge >= 0.3 is 11.6 Å². The molecule has 0 unspecified atom stereocenters. The molecule has 7 heteroatoms. The number of fused-ring (bicyclic) bond motifs is 1. The Kier molecular flexibility index (Phi) is 5.51. The van der Waals surface area contributed by atoms with Crippen molar-refractivity contribution in [3.05, 3.63) is 76.1 Å². The van der Waals surface area contributed by atoms with Crippen LogP contribution in [-0.4, -0.2) is 25.6 Å². The molecule has 1 heterocycles. The minimum Gasteiger partial charge on any atom is -0.497 e. The number of para-hydroxylation sites is 1. The zero-order valence-electron chi connectivity index (χ0n) is 14.6. The van der Waals surface area contributed by atoms with E-state index >= 15 is 0 Å². The van der Waals surface area contributed by atoms with Crippen LogP contribution in [0.25, 0.3) is 11.0 Å². The number of hydrogen-bond acceptors (Lipinski definition) is 6. The predicted molar refractivity (Wildman–Crippen MR) is 97.6 cm³/mol. The summed E-state index contributed by atoms with van der Waals surface area (Å²) in [5.74, 6) is -0.724. The van der Waals surface area contributed by atoms with Crippen molar-refractivity contribution < 1.29 is 23.5 Å². The standard InChI is InChI=1S/C20H17NO6/c1-25-15-7-4-5-13(9-15)11-21-18(22)12-26-19(23)16-10-14-6-2-3-8-17(14)27-20(16)24/h2-10H,11-12H2,1H3,(H,21,22). The van der Waals surface area contributed by atoms with E-state index in [9.17, 15) is 14.4 Å². The first kappa shape index (κ1) is 18.2. The third kappa shape index (κ3) is 4.52. The van der Waals surface area contributed by atoms with Crippen molar-refractivity contribution in [2.24, 2.45) is 0 Å². The second-order valence-electron chi connectivity index (χ2n) is 5.69. The Morgan fingerprint density at radius 2 is 1.89 bits per heavy atom. The first-order chi connectivity index (χ1) is 13.1. The topological polar surface area (TPSA) is 94.8 Å². The molecule has 0 aliphatic rings. The van der Waals surface area contributed by atoms with Gasteiger partial charge in [-0.1, -0.05) is 30.3 Å². The van der Waals surface area contributed by atoms with Gasteiger partial charge in [0.2, 0.25) is 0 Å². The smallest absolute Gasteiger partial charge is 0.351 e. The molecule has 1 aromatic heterocycles. The maximum atomic E-state index is 12.1. The zero-order chi connectivity index (χ0) is 19.2. The second kappa shape index (κ2) is 8.18. The number of ether oxygens (including phenoxy) is 2. The highest BCUT2D eigenvalue weighted by Crippen LogP contribution is 2.13. The lowest BCUT2D eigenvalue weighted by molar-refractivity contribution is -0.124. The van der Waals surface area contributed by atoms with Gasteiger partial charge in [-0.25, -0.2) is 9.59 Å². The molecule has 0 fully saturated rings. The molecule has 0 spiro atoms. The number of carbonyl (C=O) groups excluding carboxylic acids is 2. The van der Waals surface area contributed by atoms with Gasteiger partial charge in [0.15, 0.2) is 6.61 Å². The fourth-order valence-electron chi connectivity index (χ4n) is 2.45. The lowest BCUT2D eigenvalue weighted by Gasteiger charge is -2.08. The van der Waals surface area contributed by atoms with Gasteiger partial charge < -0.3 is 19.2 Å². The summed E-state index contributed by atoms with van der Waals surface area (Å²) < 4.78 is 15.1. The zero-order valence-corrected chi connectivity index (χ0v) is 14.6. The minimum atomic E-state index is -0.911. The third-order valence-electron chi connectivity index (χ3n) is 3.82. The van der Waals surface area contributed by atoms with Crippen molar-refractivity contribution in [1.82, 2.24) is 5.32 Å². The summed E-state index contributed by atoms with van der Waals surface area (Å²) in [5.41, 5.74) is 0.143. The van der Waals surface area contributed by atoms with E-state index in [1.807, 2.05) is 6.07 Å². The van der Waals surface area contributed by atoms with Crippen LogP contribution < -0.4 is 15.7 Å². The molecule has 3 rings (SSSR count). The van der Waals surface area contributed by atoms with Crippen LogP contribution in [-0.2, 0) is 16.1 Å². The maximum absolute atomic E-state index is 12.1. The Morgan fingerprint density at radius 1 is 1.07 bits per heavy atom. The molecule has 0 radical (unpaired) electrons. The molecule has 3 aromatic rings. The summed E-state index contributed by atoms with van der Waals surface area (Å²) in [4.78, 5) is 35.9. The number of nitrogens with one attached hydrogen (secondary N) is 1. The Morgan fingerprint density at radius 3 is 2.70 bits per heavy atom. The van der Waals surface area contributed by atoms with E-state index in [1.54, 1.807) is 49.6 Å². The Hall–Kier alpha value is -3.61. The van der Waals surface area contributed by atoms with Crippen molar-refractivity contribution in [3.63, 3.8) is 0 Å². The average molecular weight is 367 g/mol. The quantitative estimate of drug-likeness (QED) is 0.530. The van der Waals surface area contributed by atoms with Crippen molar-refractivity contribution in [2.75, 3.05) is 13.7 Å². The fraction of sp³-hybridized carbons (Fsp3) is 0.150. The molecule has 0 bridgehead atoms. The van der Waals surface area contributed by atoms with E-state index in [4.69, 9.17) is 13.9 Å². The van der Waals surface area contributed by atoms with E-state index in [0.29, 0.717) is 16.7 Å². The number of rotatable bonds is 6. The highest BCUT2D eigenvalue weighted by atomic mass is 16.5. The van der Waals surface area contributed by atoms with Gasteiger partial charge in [-0.05, 0) is 29.8 Å². The van der Waals surface area contributed by atoms with E-state index in [-0.39, 0.29) is 12.1 Å². The average Bonchev–Trinajstić information content (AvgIpc) is 2.70. The third-order valence-corrected chi connectivity index (χ3v) is 3.82. The molecule has 7 nitrogen and oxygen atoms in total. The van der Waals surface area contributed by atoms with Crippen molar-refractivity contribution in [1.29, 1.82) is 0 Å². The summed E-state index contributed by atoms with van der Waals surface area (Å²) in [6.07, 6.45) is 0. The number of hydrogen-bond donors (Lipinski definition) is 1. The summed E-state index contributed by atoms with van der Waals surface area (Å²) in [6.45, 7) is -0.249. The highest BCUT2D eigenvalue weighted by molar-refractivity contribution is 5.94. The summed E-state index contributed by atoms with van der Waals surface area (Å²) in [5, 5.41) is 3.22. The van der Waals surface area contributed by atoms with Crippen LogP contribution in [0.1, 0.15) is 15.9 Å². The molecule has 0 saturated heterocycles. The van der Waals surface area contributed by atoms with Crippen LogP contribution in [0.3, 0.4) is 0 Å². The molecule has 2 aromatic carbocycles. The molecule has 1 N–H and O–H groups in total. The number of carbonyl (C=O) groups is 2. The Balaban J connectivity index is 1.57. The van der Waals surface area contributed by atoms with E-state index in [1.165, 1.54) is 6.07 Å². The van der Waals surface area contributed by atoms with E-state index in [0.717, 1.165) is 5.56 Å². The maximum Gasteiger partial charge on any atom is 0.351 e. The van der Waals surface area contributed by atoms with Crippen molar-refractivity contribution in [3.8, 4) is 5.75 Å². The molecular formula is C20H17NO6. The Bertz CT molecular complexity index is 1040. The van der Waals surface area contributed by atoms with E-state index < -0.39 is 24.1 Å². The lowest BCUT2D eigenvalue weighted by atomic mass is 10.2. The highest BCUT2D eigenvalue weighted by Gasteiger charge is 2.16. The molecule has 0 aliphatic carbocycles. The van der Waals surface area contributed by atoms with Gasteiger partial charge in [0.1, 0.15) is 16.9 Å². The molecule has 0 aliphatic heterocycles. The number of amides is 1. The van der Waals surface area contributed by atoms with Gasteiger partial charge in [-0.3, -0.25) is 4.79 Å².